The Kier molecular flexibility index (Phi) is 4.60. The molecule has 25 heavy (non-hydrogen) atoms. The zero-order valence-corrected chi connectivity index (χ0v) is 13.6. The summed E-state index contributed by atoms with van der Waals surface area (Å²) in [6.45, 7) is 0.614. The van der Waals surface area contributed by atoms with Gasteiger partial charge in [0, 0.05) is 18.8 Å². The number of carbonyl (C=O) groups is 1. The van der Waals surface area contributed by atoms with Gasteiger partial charge in [-0.1, -0.05) is 17.7 Å². The van der Waals surface area contributed by atoms with E-state index in [0.29, 0.717) is 13.0 Å². The Balaban J connectivity index is 1.74. The number of halogens is 5. The van der Waals surface area contributed by atoms with Gasteiger partial charge in [-0.15, -0.1) is 0 Å². The molecule has 0 saturated carbocycles. The molecule has 3 rings (SSSR count). The number of hydrogen-bond donors (Lipinski definition) is 1. The van der Waals surface area contributed by atoms with Gasteiger partial charge in [0.15, 0.2) is 0 Å². The first-order valence-electron chi connectivity index (χ1n) is 7.44. The van der Waals surface area contributed by atoms with Crippen molar-refractivity contribution in [3.63, 3.8) is 0 Å². The summed E-state index contributed by atoms with van der Waals surface area (Å²) in [5.74, 6) is -0.336. The van der Waals surface area contributed by atoms with Crippen molar-refractivity contribution < 1.29 is 22.4 Å². The number of amides is 2. The highest BCUT2D eigenvalue weighted by molar-refractivity contribution is 6.31. The van der Waals surface area contributed by atoms with Crippen molar-refractivity contribution in [2.75, 3.05) is 11.9 Å². The van der Waals surface area contributed by atoms with E-state index in [0.717, 1.165) is 23.3 Å². The molecule has 1 heterocycles. The van der Waals surface area contributed by atoms with Gasteiger partial charge in [0.1, 0.15) is 5.82 Å². The maximum Gasteiger partial charge on any atom is 0.417 e. The fourth-order valence-corrected chi connectivity index (χ4v) is 2.94. The van der Waals surface area contributed by atoms with Crippen molar-refractivity contribution in [2.24, 2.45) is 0 Å². The van der Waals surface area contributed by atoms with Gasteiger partial charge in [0.2, 0.25) is 0 Å². The van der Waals surface area contributed by atoms with Crippen molar-refractivity contribution in [3.8, 4) is 0 Å². The Bertz CT molecular complexity index is 823. The molecule has 0 aliphatic carbocycles. The van der Waals surface area contributed by atoms with Crippen LogP contribution in [0.15, 0.2) is 36.4 Å². The third-order valence-corrected chi connectivity index (χ3v) is 4.32. The van der Waals surface area contributed by atoms with E-state index in [9.17, 15) is 22.4 Å². The van der Waals surface area contributed by atoms with Gasteiger partial charge in [0.25, 0.3) is 0 Å². The van der Waals surface area contributed by atoms with Crippen LogP contribution in [0.25, 0.3) is 0 Å². The molecule has 2 aromatic carbocycles. The van der Waals surface area contributed by atoms with Gasteiger partial charge in [-0.25, -0.2) is 9.18 Å². The normalized spacial score (nSPS) is 14.2. The van der Waals surface area contributed by atoms with Crippen LogP contribution in [0.1, 0.15) is 16.7 Å². The molecule has 0 bridgehead atoms. The zero-order valence-electron chi connectivity index (χ0n) is 12.8. The molecule has 8 heteroatoms. The van der Waals surface area contributed by atoms with Crippen molar-refractivity contribution in [1.82, 2.24) is 4.90 Å². The largest absolute Gasteiger partial charge is 0.417 e. The second-order valence-corrected chi connectivity index (χ2v) is 6.11. The highest BCUT2D eigenvalue weighted by Crippen LogP contribution is 2.36. The summed E-state index contributed by atoms with van der Waals surface area (Å²) in [5, 5.41) is 2.02. The molecule has 0 unspecified atom stereocenters. The number of alkyl halides is 3. The standard InChI is InChI=1S/C17H13ClF4N2O/c18-15-4-3-13(8-14(15)17(20,21)22)23-16(25)24-6-5-10-7-12(19)2-1-11(10)9-24/h1-4,7-8H,5-6,9H2,(H,23,25). The molecule has 132 valence electrons. The van der Waals surface area contributed by atoms with E-state index in [4.69, 9.17) is 11.6 Å². The summed E-state index contributed by atoms with van der Waals surface area (Å²) in [6.07, 6.45) is -4.12. The summed E-state index contributed by atoms with van der Waals surface area (Å²) < 4.78 is 51.9. The SMILES string of the molecule is O=C(Nc1ccc(Cl)c(C(F)(F)F)c1)N1CCc2cc(F)ccc2C1. The molecule has 0 aromatic heterocycles. The van der Waals surface area contributed by atoms with Gasteiger partial charge >= 0.3 is 12.2 Å². The van der Waals surface area contributed by atoms with Crippen molar-refractivity contribution >= 4 is 23.3 Å². The van der Waals surface area contributed by atoms with E-state index < -0.39 is 22.8 Å². The van der Waals surface area contributed by atoms with Crippen LogP contribution in [0, 0.1) is 5.82 Å². The van der Waals surface area contributed by atoms with E-state index >= 15 is 0 Å². The van der Waals surface area contributed by atoms with Crippen LogP contribution >= 0.6 is 11.6 Å². The summed E-state index contributed by atoms with van der Waals surface area (Å²) >= 11 is 5.56. The van der Waals surface area contributed by atoms with Crippen LogP contribution in [0.5, 0.6) is 0 Å². The van der Waals surface area contributed by atoms with Crippen LogP contribution in [0.4, 0.5) is 28.0 Å². The fraction of sp³-hybridized carbons (Fsp3) is 0.235. The lowest BCUT2D eigenvalue weighted by molar-refractivity contribution is -0.137. The number of anilines is 1. The Morgan fingerprint density at radius 3 is 2.60 bits per heavy atom. The van der Waals surface area contributed by atoms with Gasteiger partial charge in [0.05, 0.1) is 10.6 Å². The highest BCUT2D eigenvalue weighted by Gasteiger charge is 2.33. The minimum atomic E-state index is -4.61. The first-order chi connectivity index (χ1) is 11.7. The first kappa shape index (κ1) is 17.5. The van der Waals surface area contributed by atoms with Crippen molar-refractivity contribution in [3.05, 3.63) is 63.9 Å². The van der Waals surface area contributed by atoms with Gasteiger partial charge in [-0.05, 0) is 47.9 Å². The minimum Gasteiger partial charge on any atom is -0.320 e. The third-order valence-electron chi connectivity index (χ3n) is 3.99. The number of fused-ring (bicyclic) bond motifs is 1. The van der Waals surface area contributed by atoms with Crippen molar-refractivity contribution in [1.29, 1.82) is 0 Å². The van der Waals surface area contributed by atoms with Crippen molar-refractivity contribution in [2.45, 2.75) is 19.1 Å². The average Bonchev–Trinajstić information content (AvgIpc) is 2.55. The molecular formula is C17H13ClF4N2O. The minimum absolute atomic E-state index is 0.00614. The first-order valence-corrected chi connectivity index (χ1v) is 7.82. The number of hydrogen-bond acceptors (Lipinski definition) is 1. The van der Waals surface area contributed by atoms with Gasteiger partial charge < -0.3 is 10.2 Å². The van der Waals surface area contributed by atoms with E-state index in [-0.39, 0.29) is 18.0 Å². The van der Waals surface area contributed by atoms with E-state index in [1.165, 1.54) is 23.1 Å². The Hall–Kier alpha value is -2.28. The lowest BCUT2D eigenvalue weighted by Crippen LogP contribution is -2.38. The van der Waals surface area contributed by atoms with Crippen LogP contribution in [0.2, 0.25) is 5.02 Å². The molecule has 0 spiro atoms. The smallest absolute Gasteiger partial charge is 0.320 e. The molecule has 2 aromatic rings. The number of rotatable bonds is 1. The molecule has 0 saturated heterocycles. The molecule has 0 atom stereocenters. The predicted octanol–water partition coefficient (Wildman–Crippen LogP) is 5.09. The molecule has 0 radical (unpaired) electrons. The summed E-state index contributed by atoms with van der Waals surface area (Å²) in [5.41, 5.74) is 0.642. The number of nitrogens with one attached hydrogen (secondary N) is 1. The molecular weight excluding hydrogens is 360 g/mol. The lowest BCUT2D eigenvalue weighted by Gasteiger charge is -2.29. The van der Waals surface area contributed by atoms with Crippen LogP contribution in [0.3, 0.4) is 0 Å². The molecule has 2 amide bonds. The number of nitrogens with zero attached hydrogens (tertiary/aromatic N) is 1. The third kappa shape index (κ3) is 3.87. The second kappa shape index (κ2) is 6.55. The van der Waals surface area contributed by atoms with E-state index in [1.807, 2.05) is 0 Å². The lowest BCUT2D eigenvalue weighted by atomic mass is 10.00. The summed E-state index contributed by atoms with van der Waals surface area (Å²) in [7, 11) is 0. The molecule has 1 N–H and O–H groups in total. The maximum atomic E-state index is 13.2. The van der Waals surface area contributed by atoms with Gasteiger partial charge in [-0.3, -0.25) is 0 Å². The van der Waals surface area contributed by atoms with Crippen LogP contribution in [-0.4, -0.2) is 17.5 Å². The molecule has 3 nitrogen and oxygen atoms in total. The van der Waals surface area contributed by atoms with Crippen LogP contribution in [-0.2, 0) is 19.1 Å². The number of carbonyl (C=O) groups excluding carboxylic acids is 1. The fourth-order valence-electron chi connectivity index (χ4n) is 2.72. The van der Waals surface area contributed by atoms with Gasteiger partial charge in [-0.2, -0.15) is 13.2 Å². The Labute approximate surface area is 146 Å². The van der Waals surface area contributed by atoms with Crippen LogP contribution < -0.4 is 5.32 Å². The quantitative estimate of drug-likeness (QED) is 0.695. The summed E-state index contributed by atoms with van der Waals surface area (Å²) in [6, 6.07) is 7.03. The molecule has 1 aliphatic rings. The topological polar surface area (TPSA) is 32.3 Å². The number of benzene rings is 2. The van der Waals surface area contributed by atoms with E-state index in [1.54, 1.807) is 6.07 Å². The average molecular weight is 373 g/mol. The zero-order chi connectivity index (χ0) is 18.2. The molecule has 0 fully saturated rings. The maximum absolute atomic E-state index is 13.2. The molecule has 1 aliphatic heterocycles. The number of urea groups is 1. The Morgan fingerprint density at radius 1 is 1.12 bits per heavy atom. The predicted molar refractivity (Wildman–Crippen MR) is 86.0 cm³/mol. The summed E-state index contributed by atoms with van der Waals surface area (Å²) in [4.78, 5) is 13.8. The highest BCUT2D eigenvalue weighted by atomic mass is 35.5. The van der Waals surface area contributed by atoms with E-state index in [2.05, 4.69) is 5.32 Å². The monoisotopic (exact) mass is 372 g/mol. The second-order valence-electron chi connectivity index (χ2n) is 5.71. The Morgan fingerprint density at radius 2 is 1.88 bits per heavy atom.